The van der Waals surface area contributed by atoms with E-state index >= 15 is 0 Å². The number of amides is 1. The van der Waals surface area contributed by atoms with Crippen LogP contribution < -0.4 is 5.73 Å². The van der Waals surface area contributed by atoms with Crippen molar-refractivity contribution in [3.05, 3.63) is 23.3 Å². The number of ether oxygens (including phenoxy) is 1. The van der Waals surface area contributed by atoms with E-state index in [1.165, 1.54) is 0 Å². The van der Waals surface area contributed by atoms with Gasteiger partial charge in [0.25, 0.3) is 0 Å². The Balaban J connectivity index is 0. The summed E-state index contributed by atoms with van der Waals surface area (Å²) in [6.07, 6.45) is 5.89. The van der Waals surface area contributed by atoms with E-state index in [2.05, 4.69) is 0 Å². The first-order chi connectivity index (χ1) is 7.56. The number of nitrogens with two attached hydrogens (primary N) is 1. The first-order valence-corrected chi connectivity index (χ1v) is 5.83. The smallest absolute Gasteiger partial charge is 0.404 e. The van der Waals surface area contributed by atoms with Crippen LogP contribution in [0.25, 0.3) is 0 Å². The molecule has 4 heteroatoms. The average molecular weight is 248 g/mol. The fourth-order valence-electron chi connectivity index (χ4n) is 0.938. The molecule has 16 heavy (non-hydrogen) atoms. The van der Waals surface area contributed by atoms with Crippen molar-refractivity contribution in [3.8, 4) is 0 Å². The minimum Gasteiger partial charge on any atom is -0.446 e. The number of allylic oxidation sites excluding steroid dienone is 2. The van der Waals surface area contributed by atoms with Crippen LogP contribution in [0.5, 0.6) is 0 Å². The Hall–Kier alpha value is -0.960. The third-order valence-corrected chi connectivity index (χ3v) is 1.73. The molecule has 0 aliphatic rings. The van der Waals surface area contributed by atoms with Gasteiger partial charge in [0.2, 0.25) is 0 Å². The number of carbonyl (C=O) groups is 1. The zero-order chi connectivity index (χ0) is 13.0. The minimum absolute atomic E-state index is 0.225. The maximum absolute atomic E-state index is 10.5. The van der Waals surface area contributed by atoms with E-state index in [1.54, 1.807) is 13.0 Å². The summed E-state index contributed by atoms with van der Waals surface area (Å²) in [5.74, 6) is 0. The van der Waals surface area contributed by atoms with Crippen molar-refractivity contribution in [2.45, 2.75) is 46.6 Å². The monoisotopic (exact) mass is 247 g/mol. The summed E-state index contributed by atoms with van der Waals surface area (Å²) in [4.78, 5) is 10.5. The number of hydrogen-bond acceptors (Lipinski definition) is 2. The van der Waals surface area contributed by atoms with Crippen molar-refractivity contribution in [3.63, 3.8) is 0 Å². The molecule has 0 aliphatic carbocycles. The predicted octanol–water partition coefficient (Wildman–Crippen LogP) is 3.98. The molecule has 94 valence electrons. The van der Waals surface area contributed by atoms with Gasteiger partial charge in [0.15, 0.2) is 0 Å². The van der Waals surface area contributed by atoms with Gasteiger partial charge in [-0.2, -0.15) is 0 Å². The number of hydrogen-bond donors (Lipinski definition) is 1. The van der Waals surface area contributed by atoms with Gasteiger partial charge in [0.1, 0.15) is 6.10 Å². The fourth-order valence-corrected chi connectivity index (χ4v) is 1.03. The van der Waals surface area contributed by atoms with Crippen molar-refractivity contribution in [2.75, 3.05) is 0 Å². The van der Waals surface area contributed by atoms with Crippen molar-refractivity contribution in [1.82, 2.24) is 0 Å². The Kier molecular flexibility index (Phi) is 13.2. The lowest BCUT2D eigenvalue weighted by Crippen LogP contribution is -2.21. The van der Waals surface area contributed by atoms with Gasteiger partial charge >= 0.3 is 6.09 Å². The third-order valence-electron chi connectivity index (χ3n) is 1.58. The summed E-state index contributed by atoms with van der Waals surface area (Å²) in [5, 5.41) is 0.684. The van der Waals surface area contributed by atoms with E-state index in [9.17, 15) is 4.79 Å². The van der Waals surface area contributed by atoms with Gasteiger partial charge in [0.05, 0.1) is 0 Å². The Morgan fingerprint density at radius 2 is 2.00 bits per heavy atom. The molecule has 0 rings (SSSR count). The van der Waals surface area contributed by atoms with Crippen LogP contribution in [-0.4, -0.2) is 12.2 Å². The van der Waals surface area contributed by atoms with Crippen molar-refractivity contribution >= 4 is 17.7 Å². The van der Waals surface area contributed by atoms with Gasteiger partial charge in [-0.1, -0.05) is 43.7 Å². The molecule has 0 aromatic heterocycles. The molecule has 0 radical (unpaired) electrons. The first kappa shape index (κ1) is 17.4. The molecular weight excluding hydrogens is 226 g/mol. The zero-order valence-electron chi connectivity index (χ0n) is 10.5. The molecule has 0 spiro atoms. The molecule has 3 nitrogen and oxygen atoms in total. The van der Waals surface area contributed by atoms with Gasteiger partial charge in [-0.15, -0.1) is 0 Å². The van der Waals surface area contributed by atoms with E-state index in [4.69, 9.17) is 22.1 Å². The largest absolute Gasteiger partial charge is 0.446 e. The molecule has 2 N–H and O–H groups in total. The second kappa shape index (κ2) is 12.1. The summed E-state index contributed by atoms with van der Waals surface area (Å²) in [5.41, 5.74) is 4.93. The predicted molar refractivity (Wildman–Crippen MR) is 69.5 cm³/mol. The standard InChI is InChI=1S/C10H16ClNO2.C2H6/c1-3-4-5-9(14-10(12)13)7-6-8(2)11;1-2/h3-4,6,9H,5,7H2,1-2H3,(H2,12,13);1-2H3/b4-3-,8-6+;. The molecule has 0 aliphatic heterocycles. The minimum atomic E-state index is -0.750. The average Bonchev–Trinajstić information content (AvgIpc) is 2.24. The molecular formula is C12H22ClNO2. The van der Waals surface area contributed by atoms with Crippen LogP contribution in [-0.2, 0) is 4.74 Å². The van der Waals surface area contributed by atoms with E-state index in [0.29, 0.717) is 17.9 Å². The number of halogens is 1. The Morgan fingerprint density at radius 3 is 2.38 bits per heavy atom. The Labute approximate surface area is 103 Å². The lowest BCUT2D eigenvalue weighted by molar-refractivity contribution is 0.109. The Morgan fingerprint density at radius 1 is 1.44 bits per heavy atom. The van der Waals surface area contributed by atoms with Crippen LogP contribution in [0, 0.1) is 0 Å². The van der Waals surface area contributed by atoms with Gasteiger partial charge in [0, 0.05) is 17.9 Å². The molecule has 0 fully saturated rings. The zero-order valence-corrected chi connectivity index (χ0v) is 11.3. The van der Waals surface area contributed by atoms with Crippen molar-refractivity contribution < 1.29 is 9.53 Å². The SMILES string of the molecule is C/C=C\CC(C/C=C(\C)Cl)OC(N)=O.CC. The van der Waals surface area contributed by atoms with Crippen LogP contribution >= 0.6 is 11.6 Å². The molecule has 0 bridgehead atoms. The highest BCUT2D eigenvalue weighted by Crippen LogP contribution is 2.09. The van der Waals surface area contributed by atoms with Gasteiger partial charge in [-0.05, 0) is 13.8 Å². The highest BCUT2D eigenvalue weighted by molar-refractivity contribution is 6.29. The number of rotatable bonds is 5. The number of carbonyl (C=O) groups excluding carboxylic acids is 1. The Bertz CT molecular complexity index is 233. The van der Waals surface area contributed by atoms with E-state index < -0.39 is 6.09 Å². The number of primary amides is 1. The summed E-state index contributed by atoms with van der Waals surface area (Å²) < 4.78 is 4.89. The quantitative estimate of drug-likeness (QED) is 0.748. The van der Waals surface area contributed by atoms with E-state index in [1.807, 2.05) is 32.9 Å². The summed E-state index contributed by atoms with van der Waals surface area (Å²) in [6.45, 7) is 7.68. The molecule has 0 heterocycles. The van der Waals surface area contributed by atoms with Crippen molar-refractivity contribution in [1.29, 1.82) is 0 Å². The second-order valence-electron chi connectivity index (χ2n) is 2.89. The van der Waals surface area contributed by atoms with Crippen LogP contribution in [0.3, 0.4) is 0 Å². The highest BCUT2D eigenvalue weighted by Gasteiger charge is 2.08. The third kappa shape index (κ3) is 13.0. The lowest BCUT2D eigenvalue weighted by Gasteiger charge is -2.12. The maximum atomic E-state index is 10.5. The van der Waals surface area contributed by atoms with Gasteiger partial charge in [-0.3, -0.25) is 0 Å². The molecule has 0 saturated heterocycles. The molecule has 0 saturated carbocycles. The van der Waals surface area contributed by atoms with Gasteiger partial charge < -0.3 is 10.5 Å². The first-order valence-electron chi connectivity index (χ1n) is 5.45. The highest BCUT2D eigenvalue weighted by atomic mass is 35.5. The van der Waals surface area contributed by atoms with Crippen LogP contribution in [0.1, 0.15) is 40.5 Å². The lowest BCUT2D eigenvalue weighted by atomic mass is 10.1. The molecule has 1 unspecified atom stereocenters. The fraction of sp³-hybridized carbons (Fsp3) is 0.583. The summed E-state index contributed by atoms with van der Waals surface area (Å²) in [6, 6.07) is 0. The summed E-state index contributed by atoms with van der Waals surface area (Å²) >= 11 is 5.66. The van der Waals surface area contributed by atoms with Crippen LogP contribution in [0.2, 0.25) is 0 Å². The van der Waals surface area contributed by atoms with E-state index in [-0.39, 0.29) is 6.10 Å². The van der Waals surface area contributed by atoms with Crippen molar-refractivity contribution in [2.24, 2.45) is 5.73 Å². The normalized spacial score (nSPS) is 12.9. The van der Waals surface area contributed by atoms with E-state index in [0.717, 1.165) is 0 Å². The molecule has 0 aromatic rings. The van der Waals surface area contributed by atoms with Crippen LogP contribution in [0.15, 0.2) is 23.3 Å². The maximum Gasteiger partial charge on any atom is 0.404 e. The molecule has 1 atom stereocenters. The van der Waals surface area contributed by atoms with Crippen LogP contribution in [0.4, 0.5) is 4.79 Å². The molecule has 1 amide bonds. The molecule has 0 aromatic carbocycles. The topological polar surface area (TPSA) is 52.3 Å². The second-order valence-corrected chi connectivity index (χ2v) is 3.49. The summed E-state index contributed by atoms with van der Waals surface area (Å²) in [7, 11) is 0. The van der Waals surface area contributed by atoms with Gasteiger partial charge in [-0.25, -0.2) is 4.79 Å².